The van der Waals surface area contributed by atoms with E-state index in [9.17, 15) is 4.79 Å². The van der Waals surface area contributed by atoms with Crippen molar-refractivity contribution in [1.82, 2.24) is 10.6 Å². The molecule has 1 amide bonds. The van der Waals surface area contributed by atoms with Gasteiger partial charge in [-0.1, -0.05) is 25.1 Å². The first-order valence-corrected chi connectivity index (χ1v) is 9.09. The SMILES string of the molecule is CCNC(=NCc1ccc(C(N)=O)o1)NCC(C)Sc1ccccc1. The molecule has 2 rings (SSSR count). The number of nitrogens with one attached hydrogen (secondary N) is 2. The predicted octanol–water partition coefficient (Wildman–Crippen LogP) is 2.61. The Morgan fingerprint density at radius 1 is 1.24 bits per heavy atom. The topological polar surface area (TPSA) is 92.6 Å². The zero-order chi connectivity index (χ0) is 18.1. The molecule has 0 saturated carbocycles. The second-order valence-corrected chi connectivity index (χ2v) is 6.96. The lowest BCUT2D eigenvalue weighted by atomic mass is 10.4. The molecule has 0 aliphatic heterocycles. The lowest BCUT2D eigenvalue weighted by Crippen LogP contribution is -2.40. The van der Waals surface area contributed by atoms with Crippen molar-refractivity contribution in [3.63, 3.8) is 0 Å². The number of benzene rings is 1. The van der Waals surface area contributed by atoms with Gasteiger partial charge in [-0.25, -0.2) is 4.99 Å². The Morgan fingerprint density at radius 3 is 2.64 bits per heavy atom. The summed E-state index contributed by atoms with van der Waals surface area (Å²) in [6, 6.07) is 13.6. The van der Waals surface area contributed by atoms with Crippen LogP contribution in [0, 0.1) is 0 Å². The van der Waals surface area contributed by atoms with E-state index in [1.54, 1.807) is 12.1 Å². The summed E-state index contributed by atoms with van der Waals surface area (Å²) < 4.78 is 5.34. The lowest BCUT2D eigenvalue weighted by Gasteiger charge is -2.15. The molecule has 0 spiro atoms. The fraction of sp³-hybridized carbons (Fsp3) is 0.333. The van der Waals surface area contributed by atoms with Crippen LogP contribution in [0.4, 0.5) is 0 Å². The van der Waals surface area contributed by atoms with Crippen LogP contribution in [0.3, 0.4) is 0 Å². The highest BCUT2D eigenvalue weighted by Crippen LogP contribution is 2.21. The third-order valence-electron chi connectivity index (χ3n) is 3.28. The van der Waals surface area contributed by atoms with Crippen molar-refractivity contribution in [3.8, 4) is 0 Å². The standard InChI is InChI=1S/C18H24N4O2S/c1-3-20-18(22-12-14-9-10-16(24-14)17(19)23)21-11-13(2)25-15-7-5-4-6-8-15/h4-10,13H,3,11-12H2,1-2H3,(H2,19,23)(H2,20,21,22). The van der Waals surface area contributed by atoms with Crippen LogP contribution in [0.25, 0.3) is 0 Å². The molecule has 0 saturated heterocycles. The number of carbonyl (C=O) groups is 1. The molecule has 0 aliphatic rings. The molecular weight excluding hydrogens is 336 g/mol. The molecule has 0 bridgehead atoms. The minimum absolute atomic E-state index is 0.149. The summed E-state index contributed by atoms with van der Waals surface area (Å²) >= 11 is 1.81. The molecule has 6 nitrogen and oxygen atoms in total. The Bertz CT molecular complexity index is 700. The predicted molar refractivity (Wildman–Crippen MR) is 102 cm³/mol. The van der Waals surface area contributed by atoms with Crippen LogP contribution in [-0.4, -0.2) is 30.2 Å². The van der Waals surface area contributed by atoms with Gasteiger partial charge < -0.3 is 20.8 Å². The smallest absolute Gasteiger partial charge is 0.284 e. The number of aliphatic imine (C=N–C) groups is 1. The van der Waals surface area contributed by atoms with Crippen molar-refractivity contribution in [2.75, 3.05) is 13.1 Å². The van der Waals surface area contributed by atoms with Gasteiger partial charge in [0.05, 0.1) is 0 Å². The summed E-state index contributed by atoms with van der Waals surface area (Å²) in [4.78, 5) is 16.8. The fourth-order valence-corrected chi connectivity index (χ4v) is 3.05. The van der Waals surface area contributed by atoms with Gasteiger partial charge in [0.2, 0.25) is 0 Å². The number of carbonyl (C=O) groups excluding carboxylic acids is 1. The monoisotopic (exact) mass is 360 g/mol. The largest absolute Gasteiger partial charge is 0.454 e. The Morgan fingerprint density at radius 2 is 2.00 bits per heavy atom. The van der Waals surface area contributed by atoms with Gasteiger partial charge in [0, 0.05) is 23.2 Å². The summed E-state index contributed by atoms with van der Waals surface area (Å²) in [6.45, 7) is 6.05. The normalized spacial score (nSPS) is 12.6. The maximum atomic E-state index is 11.0. The number of hydrogen-bond acceptors (Lipinski definition) is 4. The Hall–Kier alpha value is -2.41. The molecule has 0 radical (unpaired) electrons. The molecule has 0 fully saturated rings. The number of nitrogens with two attached hydrogens (primary N) is 1. The molecule has 7 heteroatoms. The molecule has 2 aromatic rings. The Balaban J connectivity index is 1.87. The summed E-state index contributed by atoms with van der Waals surface area (Å²) in [6.07, 6.45) is 0. The molecular formula is C18H24N4O2S. The van der Waals surface area contributed by atoms with E-state index in [4.69, 9.17) is 10.2 Å². The van der Waals surface area contributed by atoms with E-state index < -0.39 is 5.91 Å². The molecule has 134 valence electrons. The average molecular weight is 360 g/mol. The molecule has 1 unspecified atom stereocenters. The molecule has 1 heterocycles. The number of rotatable bonds is 8. The molecule has 1 aromatic carbocycles. The first kappa shape index (κ1) is 18.9. The quantitative estimate of drug-likeness (QED) is 0.382. The number of primary amides is 1. The van der Waals surface area contributed by atoms with Crippen molar-refractivity contribution in [1.29, 1.82) is 0 Å². The van der Waals surface area contributed by atoms with E-state index in [0.717, 1.165) is 13.1 Å². The Labute approximate surface area is 152 Å². The summed E-state index contributed by atoms with van der Waals surface area (Å²) in [5.74, 6) is 0.876. The lowest BCUT2D eigenvalue weighted by molar-refractivity contribution is 0.0972. The number of thioether (sulfide) groups is 1. The first-order chi connectivity index (χ1) is 12.1. The van der Waals surface area contributed by atoms with Crippen LogP contribution in [0.1, 0.15) is 30.2 Å². The van der Waals surface area contributed by atoms with Gasteiger partial charge in [-0.15, -0.1) is 11.8 Å². The molecule has 1 atom stereocenters. The first-order valence-electron chi connectivity index (χ1n) is 8.21. The highest BCUT2D eigenvalue weighted by atomic mass is 32.2. The van der Waals surface area contributed by atoms with Gasteiger partial charge in [0.25, 0.3) is 5.91 Å². The van der Waals surface area contributed by atoms with Gasteiger partial charge in [-0.3, -0.25) is 4.79 Å². The minimum atomic E-state index is -0.577. The van der Waals surface area contributed by atoms with Crippen molar-refractivity contribution < 1.29 is 9.21 Å². The second-order valence-electron chi connectivity index (χ2n) is 5.45. The Kier molecular flexibility index (Phi) is 7.40. The third-order valence-corrected chi connectivity index (χ3v) is 4.39. The highest BCUT2D eigenvalue weighted by molar-refractivity contribution is 8.00. The van der Waals surface area contributed by atoms with Crippen LogP contribution < -0.4 is 16.4 Å². The van der Waals surface area contributed by atoms with E-state index in [-0.39, 0.29) is 5.76 Å². The summed E-state index contributed by atoms with van der Waals surface area (Å²) in [5, 5.41) is 6.91. The number of guanidine groups is 1. The summed E-state index contributed by atoms with van der Waals surface area (Å²) in [7, 11) is 0. The van der Waals surface area contributed by atoms with E-state index in [2.05, 4.69) is 34.7 Å². The zero-order valence-electron chi connectivity index (χ0n) is 14.5. The third kappa shape index (κ3) is 6.54. The van der Waals surface area contributed by atoms with Crippen LogP contribution >= 0.6 is 11.8 Å². The van der Waals surface area contributed by atoms with Crippen LogP contribution in [0.5, 0.6) is 0 Å². The summed E-state index contributed by atoms with van der Waals surface area (Å²) in [5.41, 5.74) is 5.18. The highest BCUT2D eigenvalue weighted by Gasteiger charge is 2.08. The van der Waals surface area contributed by atoms with E-state index in [1.807, 2.05) is 36.9 Å². The number of hydrogen-bond donors (Lipinski definition) is 3. The minimum Gasteiger partial charge on any atom is -0.454 e. The van der Waals surface area contributed by atoms with E-state index in [0.29, 0.717) is 23.5 Å². The van der Waals surface area contributed by atoms with E-state index in [1.165, 1.54) is 4.90 Å². The van der Waals surface area contributed by atoms with Gasteiger partial charge in [-0.05, 0) is 31.2 Å². The van der Waals surface area contributed by atoms with Crippen molar-refractivity contribution in [2.45, 2.75) is 30.5 Å². The van der Waals surface area contributed by atoms with Gasteiger partial charge >= 0.3 is 0 Å². The van der Waals surface area contributed by atoms with Crippen LogP contribution in [-0.2, 0) is 6.54 Å². The zero-order valence-corrected chi connectivity index (χ0v) is 15.3. The molecule has 4 N–H and O–H groups in total. The molecule has 0 aliphatic carbocycles. The van der Waals surface area contributed by atoms with Gasteiger partial charge in [0.15, 0.2) is 11.7 Å². The molecule has 1 aromatic heterocycles. The van der Waals surface area contributed by atoms with Crippen molar-refractivity contribution in [3.05, 3.63) is 54.0 Å². The second kappa shape index (κ2) is 9.78. The number of amides is 1. The number of nitrogens with zero attached hydrogens (tertiary/aromatic N) is 1. The van der Waals surface area contributed by atoms with E-state index >= 15 is 0 Å². The van der Waals surface area contributed by atoms with Crippen molar-refractivity contribution >= 4 is 23.6 Å². The molecule has 25 heavy (non-hydrogen) atoms. The maximum Gasteiger partial charge on any atom is 0.284 e. The van der Waals surface area contributed by atoms with Gasteiger partial charge in [0.1, 0.15) is 12.3 Å². The van der Waals surface area contributed by atoms with Crippen molar-refractivity contribution in [2.24, 2.45) is 10.7 Å². The number of furan rings is 1. The average Bonchev–Trinajstić information content (AvgIpc) is 3.07. The van der Waals surface area contributed by atoms with Crippen LogP contribution in [0.15, 0.2) is 56.8 Å². The maximum absolute atomic E-state index is 11.0. The van der Waals surface area contributed by atoms with Gasteiger partial charge in [-0.2, -0.15) is 0 Å². The fourth-order valence-electron chi connectivity index (χ4n) is 2.11. The van der Waals surface area contributed by atoms with Crippen LogP contribution in [0.2, 0.25) is 0 Å².